The standard InChI is InChI=1S/C13H18N2O2S/c1-3-13-5-8(13)9(4-10(13)16)15-6-7(2)11(17)14-12(15)18/h6,8-10,16H,3-5H2,1-2H3,(H,14,17,18)/t8-,9+,10?,13-/m1/s1. The minimum absolute atomic E-state index is 0.115. The van der Waals surface area contributed by atoms with Crippen LogP contribution in [-0.2, 0) is 0 Å². The number of aliphatic hydroxyl groups excluding tert-OH is 1. The highest BCUT2D eigenvalue weighted by atomic mass is 32.1. The summed E-state index contributed by atoms with van der Waals surface area (Å²) in [4.78, 5) is 14.2. The fraction of sp³-hybridized carbons (Fsp3) is 0.692. The lowest BCUT2D eigenvalue weighted by atomic mass is 9.98. The van der Waals surface area contributed by atoms with Crippen LogP contribution in [0, 0.1) is 23.0 Å². The quantitative estimate of drug-likeness (QED) is 0.804. The first-order chi connectivity index (χ1) is 8.49. The molecule has 5 heteroatoms. The molecule has 0 radical (unpaired) electrons. The van der Waals surface area contributed by atoms with Gasteiger partial charge in [-0.2, -0.15) is 0 Å². The Morgan fingerprint density at radius 1 is 1.67 bits per heavy atom. The van der Waals surface area contributed by atoms with Crippen LogP contribution in [0.3, 0.4) is 0 Å². The summed E-state index contributed by atoms with van der Waals surface area (Å²) in [5.74, 6) is 0.509. The number of nitrogens with zero attached hydrogens (tertiary/aromatic N) is 1. The van der Waals surface area contributed by atoms with Crippen LogP contribution in [0.15, 0.2) is 11.0 Å². The van der Waals surface area contributed by atoms with Gasteiger partial charge in [0.05, 0.1) is 6.10 Å². The number of aromatic nitrogens is 2. The number of hydrogen-bond acceptors (Lipinski definition) is 3. The van der Waals surface area contributed by atoms with E-state index in [1.54, 1.807) is 6.92 Å². The van der Waals surface area contributed by atoms with Crippen LogP contribution in [0.4, 0.5) is 0 Å². The van der Waals surface area contributed by atoms with Crippen molar-refractivity contribution in [3.8, 4) is 0 Å². The van der Waals surface area contributed by atoms with E-state index in [9.17, 15) is 9.90 Å². The van der Waals surface area contributed by atoms with Crippen molar-refractivity contribution in [1.29, 1.82) is 0 Å². The van der Waals surface area contributed by atoms with E-state index in [1.807, 2.05) is 10.8 Å². The summed E-state index contributed by atoms with van der Waals surface area (Å²) in [6.07, 6.45) is 4.45. The molecule has 2 saturated carbocycles. The summed E-state index contributed by atoms with van der Waals surface area (Å²) in [5.41, 5.74) is 0.670. The van der Waals surface area contributed by atoms with Crippen molar-refractivity contribution >= 4 is 12.2 Å². The highest BCUT2D eigenvalue weighted by molar-refractivity contribution is 7.71. The molecule has 1 unspecified atom stereocenters. The maximum Gasteiger partial charge on any atom is 0.254 e. The maximum absolute atomic E-state index is 11.5. The zero-order valence-corrected chi connectivity index (χ0v) is 11.5. The molecule has 2 aliphatic carbocycles. The molecule has 1 heterocycles. The van der Waals surface area contributed by atoms with Gasteiger partial charge >= 0.3 is 0 Å². The number of aliphatic hydroxyl groups is 1. The molecule has 0 bridgehead atoms. The van der Waals surface area contributed by atoms with Crippen LogP contribution in [0.5, 0.6) is 0 Å². The summed E-state index contributed by atoms with van der Waals surface area (Å²) < 4.78 is 2.45. The van der Waals surface area contributed by atoms with E-state index < -0.39 is 0 Å². The van der Waals surface area contributed by atoms with Gasteiger partial charge in [-0.05, 0) is 44.3 Å². The van der Waals surface area contributed by atoms with Gasteiger partial charge in [0.25, 0.3) is 5.56 Å². The van der Waals surface area contributed by atoms with Gasteiger partial charge in [-0.3, -0.25) is 9.78 Å². The Bertz CT molecular complexity index is 606. The van der Waals surface area contributed by atoms with Crippen LogP contribution >= 0.6 is 12.2 Å². The Morgan fingerprint density at radius 2 is 2.39 bits per heavy atom. The number of H-pyrrole nitrogens is 1. The largest absolute Gasteiger partial charge is 0.392 e. The first-order valence-electron chi connectivity index (χ1n) is 6.49. The van der Waals surface area contributed by atoms with Gasteiger partial charge in [0.2, 0.25) is 0 Å². The average Bonchev–Trinajstić information content (AvgIpc) is 3.01. The molecule has 2 N–H and O–H groups in total. The topological polar surface area (TPSA) is 58.0 Å². The van der Waals surface area contributed by atoms with Crippen molar-refractivity contribution < 1.29 is 5.11 Å². The van der Waals surface area contributed by atoms with Gasteiger partial charge in [0, 0.05) is 23.2 Å². The third-order valence-electron chi connectivity index (χ3n) is 4.93. The zero-order valence-electron chi connectivity index (χ0n) is 10.6. The molecule has 2 aliphatic rings. The molecule has 1 aromatic rings. The van der Waals surface area contributed by atoms with Gasteiger partial charge in [0.15, 0.2) is 4.77 Å². The van der Waals surface area contributed by atoms with E-state index >= 15 is 0 Å². The lowest BCUT2D eigenvalue weighted by molar-refractivity contribution is 0.0985. The second-order valence-corrected chi connectivity index (χ2v) is 6.08. The van der Waals surface area contributed by atoms with Gasteiger partial charge in [-0.25, -0.2) is 0 Å². The maximum atomic E-state index is 11.5. The second kappa shape index (κ2) is 3.78. The van der Waals surface area contributed by atoms with Gasteiger partial charge in [-0.15, -0.1) is 0 Å². The Hall–Kier alpha value is -0.940. The molecule has 3 rings (SSSR count). The fourth-order valence-electron chi connectivity index (χ4n) is 3.66. The van der Waals surface area contributed by atoms with E-state index in [0.29, 0.717) is 16.3 Å². The fourth-order valence-corrected chi connectivity index (χ4v) is 3.94. The van der Waals surface area contributed by atoms with Crippen LogP contribution in [-0.4, -0.2) is 20.8 Å². The average molecular weight is 266 g/mol. The molecule has 18 heavy (non-hydrogen) atoms. The molecule has 0 aromatic carbocycles. The molecule has 1 aromatic heterocycles. The second-order valence-electron chi connectivity index (χ2n) is 5.69. The van der Waals surface area contributed by atoms with Crippen molar-refractivity contribution in [1.82, 2.24) is 9.55 Å². The molecular formula is C13H18N2O2S. The van der Waals surface area contributed by atoms with Crippen LogP contribution in [0.2, 0.25) is 0 Å². The van der Waals surface area contributed by atoms with Gasteiger partial charge in [0.1, 0.15) is 0 Å². The van der Waals surface area contributed by atoms with Crippen LogP contribution < -0.4 is 5.56 Å². The Balaban J connectivity index is 2.02. The summed E-state index contributed by atoms with van der Waals surface area (Å²) in [5, 5.41) is 10.2. The monoisotopic (exact) mass is 266 g/mol. The minimum Gasteiger partial charge on any atom is -0.392 e. The summed E-state index contributed by atoms with van der Waals surface area (Å²) >= 11 is 5.24. The van der Waals surface area contributed by atoms with Gasteiger partial charge < -0.3 is 9.67 Å². The molecule has 98 valence electrons. The number of aromatic amines is 1. The zero-order chi connectivity index (χ0) is 13.1. The lowest BCUT2D eigenvalue weighted by Crippen LogP contribution is -2.20. The first-order valence-corrected chi connectivity index (χ1v) is 6.90. The van der Waals surface area contributed by atoms with E-state index in [4.69, 9.17) is 12.2 Å². The molecule has 0 aliphatic heterocycles. The third kappa shape index (κ3) is 1.47. The molecule has 0 saturated heterocycles. The predicted molar refractivity (Wildman–Crippen MR) is 71.1 cm³/mol. The van der Waals surface area contributed by atoms with E-state index in [2.05, 4.69) is 11.9 Å². The molecule has 4 nitrogen and oxygen atoms in total. The van der Waals surface area contributed by atoms with Gasteiger partial charge in [-0.1, -0.05) is 6.92 Å². The Morgan fingerprint density at radius 3 is 2.94 bits per heavy atom. The number of fused-ring (bicyclic) bond motifs is 1. The van der Waals surface area contributed by atoms with E-state index in [-0.39, 0.29) is 23.1 Å². The Labute approximate surface area is 111 Å². The van der Waals surface area contributed by atoms with Crippen LogP contribution in [0.25, 0.3) is 0 Å². The third-order valence-corrected chi connectivity index (χ3v) is 5.25. The van der Waals surface area contributed by atoms with E-state index in [0.717, 1.165) is 19.3 Å². The Kier molecular flexibility index (Phi) is 2.54. The molecule has 0 spiro atoms. The van der Waals surface area contributed by atoms with Crippen molar-refractivity contribution in [3.63, 3.8) is 0 Å². The summed E-state index contributed by atoms with van der Waals surface area (Å²) in [6.45, 7) is 3.93. The van der Waals surface area contributed by atoms with Crippen molar-refractivity contribution in [2.45, 2.75) is 45.3 Å². The smallest absolute Gasteiger partial charge is 0.254 e. The summed E-state index contributed by atoms with van der Waals surface area (Å²) in [6, 6.07) is 0.239. The molecule has 0 amide bonds. The molecule has 2 fully saturated rings. The lowest BCUT2D eigenvalue weighted by Gasteiger charge is -2.18. The first kappa shape index (κ1) is 12.1. The number of rotatable bonds is 2. The molecular weight excluding hydrogens is 248 g/mol. The van der Waals surface area contributed by atoms with Crippen molar-refractivity contribution in [2.24, 2.45) is 11.3 Å². The highest BCUT2D eigenvalue weighted by Gasteiger charge is 2.66. The van der Waals surface area contributed by atoms with Crippen LogP contribution in [0.1, 0.15) is 37.8 Å². The normalized spacial score (nSPS) is 37.6. The predicted octanol–water partition coefficient (Wildman–Crippen LogP) is 1.94. The minimum atomic E-state index is -0.230. The highest BCUT2D eigenvalue weighted by Crippen LogP contribution is 2.69. The van der Waals surface area contributed by atoms with Crippen molar-refractivity contribution in [2.75, 3.05) is 0 Å². The number of hydrogen-bond donors (Lipinski definition) is 2. The summed E-state index contributed by atoms with van der Waals surface area (Å²) in [7, 11) is 0. The number of nitrogens with one attached hydrogen (secondary N) is 1. The molecule has 4 atom stereocenters. The van der Waals surface area contributed by atoms with Crippen molar-refractivity contribution in [3.05, 3.63) is 26.9 Å². The number of aryl methyl sites for hydroxylation is 1. The van der Waals surface area contributed by atoms with E-state index in [1.165, 1.54) is 0 Å². The SMILES string of the molecule is CC[C@@]12C[C@@H]1[C@@H](n1cc(C)c(=O)[nH]c1=S)CC2O.